The Labute approximate surface area is 130 Å². The molecule has 5 heteroatoms. The molecule has 0 fully saturated rings. The summed E-state index contributed by atoms with van der Waals surface area (Å²) in [6, 6.07) is 6.00. The Kier molecular flexibility index (Phi) is 7.29. The fourth-order valence-corrected chi connectivity index (χ4v) is 1.94. The number of halogens is 1. The second-order valence-corrected chi connectivity index (χ2v) is 5.39. The minimum absolute atomic E-state index is 0.156. The van der Waals surface area contributed by atoms with Gasteiger partial charge in [-0.3, -0.25) is 9.59 Å². The lowest BCUT2D eigenvalue weighted by Gasteiger charge is -2.22. The zero-order valence-electron chi connectivity index (χ0n) is 13.2. The summed E-state index contributed by atoms with van der Waals surface area (Å²) in [5.74, 6) is -0.624. The monoisotopic (exact) mass is 307 g/mol. The molecule has 0 spiro atoms. The number of nitrogens with zero attached hydrogens (tertiary/aromatic N) is 1. The van der Waals surface area contributed by atoms with Crippen molar-refractivity contribution in [1.29, 1.82) is 0 Å². The average Bonchev–Trinajstić information content (AvgIpc) is 2.48. The van der Waals surface area contributed by atoms with Gasteiger partial charge in [-0.25, -0.2) is 4.39 Å². The molecule has 0 atom stereocenters. The van der Waals surface area contributed by atoms with Crippen LogP contribution < -0.4 is 0 Å². The zero-order valence-corrected chi connectivity index (χ0v) is 13.2. The van der Waals surface area contributed by atoms with Crippen LogP contribution in [0.25, 0.3) is 6.08 Å². The Morgan fingerprint density at radius 2 is 2.09 bits per heavy atom. The molecule has 22 heavy (non-hydrogen) atoms. The minimum atomic E-state index is -0.351. The molecule has 0 heterocycles. The molecule has 4 nitrogen and oxygen atoms in total. The van der Waals surface area contributed by atoms with Gasteiger partial charge in [0, 0.05) is 19.2 Å². The normalized spacial score (nSPS) is 11.0. The molecule has 0 aliphatic heterocycles. The Morgan fingerprint density at radius 3 is 2.68 bits per heavy atom. The van der Waals surface area contributed by atoms with Gasteiger partial charge < -0.3 is 9.64 Å². The SMILES string of the molecule is COC(=O)CCN(CC(C)C)C(=O)/C=C/c1cccc(F)c1. The van der Waals surface area contributed by atoms with Crippen molar-refractivity contribution in [2.75, 3.05) is 20.2 Å². The Hall–Kier alpha value is -2.17. The number of amides is 1. The van der Waals surface area contributed by atoms with Gasteiger partial charge in [-0.15, -0.1) is 0 Å². The first-order valence-corrected chi connectivity index (χ1v) is 7.21. The number of hydrogen-bond acceptors (Lipinski definition) is 3. The highest BCUT2D eigenvalue weighted by Gasteiger charge is 2.14. The van der Waals surface area contributed by atoms with Crippen molar-refractivity contribution in [2.45, 2.75) is 20.3 Å². The number of hydrogen-bond donors (Lipinski definition) is 0. The van der Waals surface area contributed by atoms with Crippen LogP contribution in [0.15, 0.2) is 30.3 Å². The highest BCUT2D eigenvalue weighted by molar-refractivity contribution is 5.92. The van der Waals surface area contributed by atoms with Gasteiger partial charge in [-0.05, 0) is 29.7 Å². The van der Waals surface area contributed by atoms with Crippen molar-refractivity contribution < 1.29 is 18.7 Å². The maximum absolute atomic E-state index is 13.1. The fraction of sp³-hybridized carbons (Fsp3) is 0.412. The predicted molar refractivity (Wildman–Crippen MR) is 83.5 cm³/mol. The first-order chi connectivity index (χ1) is 10.4. The highest BCUT2D eigenvalue weighted by Crippen LogP contribution is 2.07. The van der Waals surface area contributed by atoms with Crippen LogP contribution in [0.2, 0.25) is 0 Å². The van der Waals surface area contributed by atoms with E-state index in [9.17, 15) is 14.0 Å². The van der Waals surface area contributed by atoms with Gasteiger partial charge in [0.25, 0.3) is 0 Å². The van der Waals surface area contributed by atoms with E-state index in [1.54, 1.807) is 23.1 Å². The molecular weight excluding hydrogens is 285 g/mol. The summed E-state index contributed by atoms with van der Waals surface area (Å²) in [4.78, 5) is 25.0. The van der Waals surface area contributed by atoms with Crippen molar-refractivity contribution in [3.05, 3.63) is 41.7 Å². The van der Waals surface area contributed by atoms with Crippen LogP contribution in [0.4, 0.5) is 4.39 Å². The highest BCUT2D eigenvalue weighted by atomic mass is 19.1. The van der Waals surface area contributed by atoms with E-state index < -0.39 is 0 Å². The molecule has 0 aliphatic rings. The van der Waals surface area contributed by atoms with Crippen LogP contribution in [0, 0.1) is 11.7 Å². The number of rotatable bonds is 7. The molecule has 0 aliphatic carbocycles. The third-order valence-corrected chi connectivity index (χ3v) is 2.98. The third-order valence-electron chi connectivity index (χ3n) is 2.98. The van der Waals surface area contributed by atoms with E-state index in [4.69, 9.17) is 0 Å². The molecule has 0 saturated heterocycles. The number of carbonyl (C=O) groups excluding carboxylic acids is 2. The molecule has 0 saturated carbocycles. The molecule has 0 N–H and O–H groups in total. The molecule has 1 amide bonds. The van der Waals surface area contributed by atoms with Crippen LogP contribution in [-0.4, -0.2) is 37.0 Å². The smallest absolute Gasteiger partial charge is 0.307 e. The van der Waals surface area contributed by atoms with Crippen LogP contribution in [0.1, 0.15) is 25.8 Å². The predicted octanol–water partition coefficient (Wildman–Crippen LogP) is 2.89. The van der Waals surface area contributed by atoms with Gasteiger partial charge >= 0.3 is 5.97 Å². The zero-order chi connectivity index (χ0) is 16.5. The lowest BCUT2D eigenvalue weighted by Crippen LogP contribution is -2.34. The largest absolute Gasteiger partial charge is 0.469 e. The standard InChI is InChI=1S/C17H22FNO3/c1-13(2)12-19(10-9-17(21)22-3)16(20)8-7-14-5-4-6-15(18)11-14/h4-8,11,13H,9-10,12H2,1-3H3/b8-7+. The third kappa shape index (κ3) is 6.52. The van der Waals surface area contributed by atoms with Crippen molar-refractivity contribution in [3.8, 4) is 0 Å². The summed E-state index contributed by atoms with van der Waals surface area (Å²) in [5, 5.41) is 0. The second kappa shape index (κ2) is 8.97. The molecule has 0 aromatic heterocycles. The molecule has 1 aromatic rings. The topological polar surface area (TPSA) is 46.6 Å². The molecule has 0 radical (unpaired) electrons. The van der Waals surface area contributed by atoms with Crippen molar-refractivity contribution in [3.63, 3.8) is 0 Å². The summed E-state index contributed by atoms with van der Waals surface area (Å²) in [5.41, 5.74) is 0.616. The van der Waals surface area contributed by atoms with Gasteiger partial charge in [0.1, 0.15) is 5.82 Å². The Balaban J connectivity index is 2.71. The summed E-state index contributed by atoms with van der Waals surface area (Å²) in [7, 11) is 1.32. The van der Waals surface area contributed by atoms with Gasteiger partial charge in [-0.1, -0.05) is 26.0 Å². The summed E-state index contributed by atoms with van der Waals surface area (Å²) < 4.78 is 17.7. The van der Waals surface area contributed by atoms with Crippen molar-refractivity contribution in [1.82, 2.24) is 4.90 Å². The number of methoxy groups -OCH3 is 1. The quantitative estimate of drug-likeness (QED) is 0.575. The molecule has 120 valence electrons. The number of benzene rings is 1. The molecular formula is C17H22FNO3. The van der Waals surface area contributed by atoms with Crippen LogP contribution in [0.5, 0.6) is 0 Å². The number of esters is 1. The van der Waals surface area contributed by atoms with E-state index in [0.717, 1.165) is 0 Å². The lowest BCUT2D eigenvalue weighted by atomic mass is 10.1. The van der Waals surface area contributed by atoms with Crippen LogP contribution >= 0.6 is 0 Å². The maximum atomic E-state index is 13.1. The van der Waals surface area contributed by atoms with Gasteiger partial charge in [-0.2, -0.15) is 0 Å². The van der Waals surface area contributed by atoms with E-state index in [-0.39, 0.29) is 30.0 Å². The fourth-order valence-electron chi connectivity index (χ4n) is 1.94. The van der Waals surface area contributed by atoms with E-state index in [0.29, 0.717) is 18.7 Å². The van der Waals surface area contributed by atoms with Crippen LogP contribution in [-0.2, 0) is 14.3 Å². The first kappa shape index (κ1) is 17.9. The summed E-state index contributed by atoms with van der Waals surface area (Å²) >= 11 is 0. The summed E-state index contributed by atoms with van der Waals surface area (Å²) in [6.45, 7) is 4.84. The minimum Gasteiger partial charge on any atom is -0.469 e. The Bertz CT molecular complexity index is 540. The van der Waals surface area contributed by atoms with E-state index in [2.05, 4.69) is 4.74 Å². The molecule has 1 aromatic carbocycles. The van der Waals surface area contributed by atoms with E-state index >= 15 is 0 Å². The van der Waals surface area contributed by atoms with Crippen molar-refractivity contribution in [2.24, 2.45) is 5.92 Å². The molecule has 1 rings (SSSR count). The number of carbonyl (C=O) groups is 2. The molecule has 0 unspecified atom stereocenters. The van der Waals surface area contributed by atoms with Crippen molar-refractivity contribution >= 4 is 18.0 Å². The number of ether oxygens (including phenoxy) is 1. The summed E-state index contributed by atoms with van der Waals surface area (Å²) in [6.07, 6.45) is 3.12. The van der Waals surface area contributed by atoms with E-state index in [1.165, 1.54) is 25.3 Å². The lowest BCUT2D eigenvalue weighted by molar-refractivity contribution is -0.141. The second-order valence-electron chi connectivity index (χ2n) is 5.39. The van der Waals surface area contributed by atoms with E-state index in [1.807, 2.05) is 13.8 Å². The average molecular weight is 307 g/mol. The van der Waals surface area contributed by atoms with Crippen LogP contribution in [0.3, 0.4) is 0 Å². The maximum Gasteiger partial charge on any atom is 0.307 e. The van der Waals surface area contributed by atoms with Gasteiger partial charge in [0.2, 0.25) is 5.91 Å². The Morgan fingerprint density at radius 1 is 1.36 bits per heavy atom. The van der Waals surface area contributed by atoms with Gasteiger partial charge in [0.15, 0.2) is 0 Å². The molecule has 0 bridgehead atoms. The van der Waals surface area contributed by atoms with Gasteiger partial charge in [0.05, 0.1) is 13.5 Å². The first-order valence-electron chi connectivity index (χ1n) is 7.21.